The number of rotatable bonds is 5. The molecule has 35 heavy (non-hydrogen) atoms. The number of aryl methyl sites for hydroxylation is 1. The van der Waals surface area contributed by atoms with Gasteiger partial charge in [0.1, 0.15) is 0 Å². The first-order valence-electron chi connectivity index (χ1n) is 12.5. The SMILES string of the molecule is Cc1ccccc1C(=O)N1CCC(C(=O)Nc2ccc(S(=O)(=O)N3[C@H](C)CCC[C@H]3C)cc2)CC1. The largest absolute Gasteiger partial charge is 0.339 e. The van der Waals surface area contributed by atoms with Gasteiger partial charge >= 0.3 is 0 Å². The molecule has 1 N–H and O–H groups in total. The van der Waals surface area contributed by atoms with E-state index in [1.807, 2.05) is 49.9 Å². The van der Waals surface area contributed by atoms with Crippen LogP contribution in [0.3, 0.4) is 0 Å². The Balaban J connectivity index is 1.34. The van der Waals surface area contributed by atoms with Gasteiger partial charge in [0.2, 0.25) is 15.9 Å². The zero-order chi connectivity index (χ0) is 25.2. The first-order valence-corrected chi connectivity index (χ1v) is 13.9. The van der Waals surface area contributed by atoms with Gasteiger partial charge in [-0.2, -0.15) is 4.31 Å². The molecule has 2 fully saturated rings. The highest BCUT2D eigenvalue weighted by molar-refractivity contribution is 7.89. The summed E-state index contributed by atoms with van der Waals surface area (Å²) < 4.78 is 28.0. The van der Waals surface area contributed by atoms with Crippen LogP contribution >= 0.6 is 0 Å². The number of likely N-dealkylation sites (tertiary alicyclic amines) is 1. The van der Waals surface area contributed by atoms with Crippen molar-refractivity contribution in [1.29, 1.82) is 0 Å². The quantitative estimate of drug-likeness (QED) is 0.662. The molecule has 0 saturated carbocycles. The predicted molar refractivity (Wildman–Crippen MR) is 137 cm³/mol. The lowest BCUT2D eigenvalue weighted by molar-refractivity contribution is -0.121. The molecule has 0 aliphatic carbocycles. The van der Waals surface area contributed by atoms with Crippen molar-refractivity contribution in [3.8, 4) is 0 Å². The van der Waals surface area contributed by atoms with E-state index in [0.29, 0.717) is 37.2 Å². The molecule has 2 aromatic rings. The van der Waals surface area contributed by atoms with E-state index in [1.165, 1.54) is 0 Å². The van der Waals surface area contributed by atoms with Crippen LogP contribution in [0.1, 0.15) is 61.9 Å². The average molecular weight is 498 g/mol. The van der Waals surface area contributed by atoms with Crippen LogP contribution in [-0.2, 0) is 14.8 Å². The lowest BCUT2D eigenvalue weighted by Crippen LogP contribution is -2.47. The maximum Gasteiger partial charge on any atom is 0.254 e. The molecule has 2 aliphatic rings. The minimum atomic E-state index is -3.58. The fourth-order valence-corrected chi connectivity index (χ4v) is 7.16. The Bertz CT molecular complexity index is 1160. The van der Waals surface area contributed by atoms with Crippen LogP contribution in [0.4, 0.5) is 5.69 Å². The van der Waals surface area contributed by atoms with Crippen LogP contribution < -0.4 is 5.32 Å². The summed E-state index contributed by atoms with van der Waals surface area (Å²) in [5.41, 5.74) is 2.23. The van der Waals surface area contributed by atoms with Crippen LogP contribution in [0.2, 0.25) is 0 Å². The third-order valence-electron chi connectivity index (χ3n) is 7.34. The van der Waals surface area contributed by atoms with Gasteiger partial charge in [-0.3, -0.25) is 9.59 Å². The second-order valence-electron chi connectivity index (χ2n) is 9.86. The smallest absolute Gasteiger partial charge is 0.254 e. The molecule has 0 unspecified atom stereocenters. The van der Waals surface area contributed by atoms with E-state index in [-0.39, 0.29) is 34.7 Å². The molecule has 4 rings (SSSR count). The molecule has 0 aromatic heterocycles. The fraction of sp³-hybridized carbons (Fsp3) is 0.481. The molecule has 0 spiro atoms. The molecule has 2 amide bonds. The van der Waals surface area contributed by atoms with E-state index in [0.717, 1.165) is 24.8 Å². The highest BCUT2D eigenvalue weighted by Crippen LogP contribution is 2.30. The lowest BCUT2D eigenvalue weighted by atomic mass is 9.95. The third-order valence-corrected chi connectivity index (χ3v) is 9.48. The molecule has 2 heterocycles. The summed E-state index contributed by atoms with van der Waals surface area (Å²) in [6.45, 7) is 6.92. The van der Waals surface area contributed by atoms with Crippen molar-refractivity contribution in [2.24, 2.45) is 5.92 Å². The molecule has 0 bridgehead atoms. The molecular formula is C27H35N3O4S. The van der Waals surface area contributed by atoms with Crippen LogP contribution in [0.15, 0.2) is 53.4 Å². The van der Waals surface area contributed by atoms with E-state index < -0.39 is 10.0 Å². The number of carbonyl (C=O) groups excluding carboxylic acids is 2. The maximum atomic E-state index is 13.2. The van der Waals surface area contributed by atoms with Crippen molar-refractivity contribution < 1.29 is 18.0 Å². The van der Waals surface area contributed by atoms with E-state index in [2.05, 4.69) is 5.32 Å². The summed E-state index contributed by atoms with van der Waals surface area (Å²) in [4.78, 5) is 27.7. The zero-order valence-electron chi connectivity index (χ0n) is 20.7. The van der Waals surface area contributed by atoms with Gasteiger partial charge in [0.25, 0.3) is 5.91 Å². The second kappa shape index (κ2) is 10.5. The highest BCUT2D eigenvalue weighted by atomic mass is 32.2. The van der Waals surface area contributed by atoms with Gasteiger partial charge < -0.3 is 10.2 Å². The van der Waals surface area contributed by atoms with Crippen molar-refractivity contribution in [3.05, 3.63) is 59.7 Å². The standard InChI is InChI=1S/C27H35N3O4S/c1-19-7-4-5-10-25(19)27(32)29-17-15-22(16-18-29)26(31)28-23-11-13-24(14-12-23)35(33,34)30-20(2)8-6-9-21(30)3/h4-5,7,10-14,20-22H,6,8-9,15-18H2,1-3H3,(H,28,31)/t20-,21-/m1/s1. The number of carbonyl (C=O) groups is 2. The van der Waals surface area contributed by atoms with Gasteiger partial charge in [-0.25, -0.2) is 8.42 Å². The number of benzene rings is 2. The van der Waals surface area contributed by atoms with Crippen LogP contribution in [0, 0.1) is 12.8 Å². The Hall–Kier alpha value is -2.71. The van der Waals surface area contributed by atoms with Gasteiger partial charge in [-0.1, -0.05) is 24.6 Å². The van der Waals surface area contributed by atoms with Gasteiger partial charge in [0, 0.05) is 42.3 Å². The Kier molecular flexibility index (Phi) is 7.62. The Morgan fingerprint density at radius 3 is 2.09 bits per heavy atom. The molecule has 2 aromatic carbocycles. The molecule has 2 saturated heterocycles. The highest BCUT2D eigenvalue weighted by Gasteiger charge is 2.35. The van der Waals surface area contributed by atoms with Crippen molar-refractivity contribution in [2.75, 3.05) is 18.4 Å². The zero-order valence-corrected chi connectivity index (χ0v) is 21.6. The van der Waals surface area contributed by atoms with Gasteiger partial charge in [-0.15, -0.1) is 0 Å². The van der Waals surface area contributed by atoms with Gasteiger partial charge in [0.05, 0.1) is 4.90 Å². The minimum absolute atomic E-state index is 0.0103. The number of nitrogens with one attached hydrogen (secondary N) is 1. The normalized spacial score (nSPS) is 22.1. The molecule has 2 aliphatic heterocycles. The number of amides is 2. The number of sulfonamides is 1. The van der Waals surface area contributed by atoms with Crippen molar-refractivity contribution in [1.82, 2.24) is 9.21 Å². The molecule has 8 heteroatoms. The van der Waals surface area contributed by atoms with E-state index in [4.69, 9.17) is 0 Å². The number of anilines is 1. The first kappa shape index (κ1) is 25.4. The Labute approximate surface area is 208 Å². The monoisotopic (exact) mass is 497 g/mol. The summed E-state index contributed by atoms with van der Waals surface area (Å²) in [5.74, 6) is -0.271. The van der Waals surface area contributed by atoms with Crippen molar-refractivity contribution in [2.45, 2.75) is 69.9 Å². The summed E-state index contributed by atoms with van der Waals surface area (Å²) in [6, 6.07) is 14.0. The minimum Gasteiger partial charge on any atom is -0.339 e. The number of hydrogen-bond acceptors (Lipinski definition) is 4. The Morgan fingerprint density at radius 1 is 0.886 bits per heavy atom. The van der Waals surface area contributed by atoms with Gasteiger partial charge in [0.15, 0.2) is 0 Å². The maximum absolute atomic E-state index is 13.2. The van der Waals surface area contributed by atoms with Crippen LogP contribution in [0.5, 0.6) is 0 Å². The van der Waals surface area contributed by atoms with Crippen LogP contribution in [0.25, 0.3) is 0 Å². The second-order valence-corrected chi connectivity index (χ2v) is 11.7. The average Bonchev–Trinajstić information content (AvgIpc) is 2.84. The summed E-state index contributed by atoms with van der Waals surface area (Å²) in [5, 5.41) is 2.92. The molecule has 2 atom stereocenters. The summed E-state index contributed by atoms with van der Waals surface area (Å²) in [7, 11) is -3.58. The number of piperidine rings is 2. The topological polar surface area (TPSA) is 86.8 Å². The molecular weight excluding hydrogens is 462 g/mol. The van der Waals surface area contributed by atoms with Crippen LogP contribution in [-0.4, -0.2) is 54.6 Å². The molecule has 0 radical (unpaired) electrons. The predicted octanol–water partition coefficient (Wildman–Crippen LogP) is 4.44. The summed E-state index contributed by atoms with van der Waals surface area (Å²) >= 11 is 0. The van der Waals surface area contributed by atoms with Crippen molar-refractivity contribution in [3.63, 3.8) is 0 Å². The fourth-order valence-electron chi connectivity index (χ4n) is 5.28. The lowest BCUT2D eigenvalue weighted by Gasteiger charge is -2.37. The number of hydrogen-bond donors (Lipinski definition) is 1. The van der Waals surface area contributed by atoms with Crippen molar-refractivity contribution >= 4 is 27.5 Å². The van der Waals surface area contributed by atoms with E-state index >= 15 is 0 Å². The number of nitrogens with zero attached hydrogens (tertiary/aromatic N) is 2. The van der Waals surface area contributed by atoms with Gasteiger partial charge in [-0.05, 0) is 82.3 Å². The molecule has 7 nitrogen and oxygen atoms in total. The van der Waals surface area contributed by atoms with E-state index in [9.17, 15) is 18.0 Å². The Morgan fingerprint density at radius 2 is 1.49 bits per heavy atom. The molecule has 188 valence electrons. The third kappa shape index (κ3) is 5.43. The van der Waals surface area contributed by atoms with E-state index in [1.54, 1.807) is 28.6 Å². The summed E-state index contributed by atoms with van der Waals surface area (Å²) in [6.07, 6.45) is 3.97. The first-order chi connectivity index (χ1) is 16.7.